The van der Waals surface area contributed by atoms with Crippen molar-refractivity contribution < 1.29 is 4.74 Å². The van der Waals surface area contributed by atoms with Crippen molar-refractivity contribution in [2.45, 2.75) is 53.0 Å². The molecule has 20 heavy (non-hydrogen) atoms. The van der Waals surface area contributed by atoms with E-state index in [1.54, 1.807) is 13.4 Å². The van der Waals surface area contributed by atoms with Crippen molar-refractivity contribution in [3.63, 3.8) is 0 Å². The van der Waals surface area contributed by atoms with Gasteiger partial charge in [0.15, 0.2) is 0 Å². The molecule has 1 heterocycles. The maximum atomic E-state index is 5.30. The van der Waals surface area contributed by atoms with Gasteiger partial charge < -0.3 is 10.1 Å². The maximum absolute atomic E-state index is 5.30. The van der Waals surface area contributed by atoms with Crippen molar-refractivity contribution in [2.24, 2.45) is 16.7 Å². The lowest BCUT2D eigenvalue weighted by Gasteiger charge is -2.43. The molecule has 0 spiro atoms. The molecule has 1 aromatic heterocycles. The molecule has 1 N–H and O–H groups in total. The molecule has 0 aliphatic heterocycles. The minimum atomic E-state index is 0.317. The smallest absolute Gasteiger partial charge is 0.221 e. The van der Waals surface area contributed by atoms with E-state index in [9.17, 15) is 0 Å². The Balaban J connectivity index is 1.92. The molecule has 0 radical (unpaired) electrons. The fourth-order valence-corrected chi connectivity index (χ4v) is 4.58. The average molecular weight is 275 g/mol. The molecule has 4 heteroatoms. The van der Waals surface area contributed by atoms with Crippen LogP contribution in [0.25, 0.3) is 0 Å². The highest BCUT2D eigenvalue weighted by Gasteiger charge is 2.59. The van der Waals surface area contributed by atoms with E-state index >= 15 is 0 Å². The third-order valence-electron chi connectivity index (χ3n) is 5.78. The summed E-state index contributed by atoms with van der Waals surface area (Å²) in [6.07, 6.45) is 5.60. The van der Waals surface area contributed by atoms with Crippen LogP contribution in [0.5, 0.6) is 5.88 Å². The van der Waals surface area contributed by atoms with Crippen LogP contribution in [0.15, 0.2) is 6.33 Å². The summed E-state index contributed by atoms with van der Waals surface area (Å²) in [4.78, 5) is 8.59. The molecular formula is C16H25N3O. The minimum Gasteiger partial charge on any atom is -0.481 e. The van der Waals surface area contributed by atoms with E-state index in [1.807, 2.05) is 6.92 Å². The summed E-state index contributed by atoms with van der Waals surface area (Å²) in [5.74, 6) is 2.41. The number of nitrogens with one attached hydrogen (secondary N) is 1. The Bertz CT molecular complexity index is 524. The highest BCUT2D eigenvalue weighted by atomic mass is 16.5. The Hall–Kier alpha value is -1.32. The highest BCUT2D eigenvalue weighted by molar-refractivity contribution is 5.49. The Labute approximate surface area is 121 Å². The van der Waals surface area contributed by atoms with E-state index in [0.29, 0.717) is 22.8 Å². The van der Waals surface area contributed by atoms with Gasteiger partial charge in [0.1, 0.15) is 12.1 Å². The van der Waals surface area contributed by atoms with Crippen molar-refractivity contribution in [2.75, 3.05) is 12.4 Å². The minimum absolute atomic E-state index is 0.317. The van der Waals surface area contributed by atoms with E-state index in [-0.39, 0.29) is 0 Å². The first-order chi connectivity index (χ1) is 9.38. The Morgan fingerprint density at radius 3 is 2.65 bits per heavy atom. The number of aromatic nitrogens is 2. The van der Waals surface area contributed by atoms with Crippen LogP contribution in [0.3, 0.4) is 0 Å². The Morgan fingerprint density at radius 2 is 2.05 bits per heavy atom. The largest absolute Gasteiger partial charge is 0.481 e. The molecule has 4 nitrogen and oxygen atoms in total. The topological polar surface area (TPSA) is 47.0 Å². The van der Waals surface area contributed by atoms with Gasteiger partial charge in [0.2, 0.25) is 5.88 Å². The van der Waals surface area contributed by atoms with Crippen LogP contribution in [-0.2, 0) is 0 Å². The molecule has 2 saturated carbocycles. The molecule has 2 aliphatic rings. The maximum Gasteiger partial charge on any atom is 0.221 e. The van der Waals surface area contributed by atoms with Gasteiger partial charge in [0.25, 0.3) is 0 Å². The molecule has 3 rings (SSSR count). The highest BCUT2D eigenvalue weighted by Crippen LogP contribution is 2.63. The lowest BCUT2D eigenvalue weighted by atomic mass is 9.68. The second-order valence-corrected chi connectivity index (χ2v) is 7.35. The first-order valence-corrected chi connectivity index (χ1v) is 7.50. The molecule has 2 aliphatic carbocycles. The number of methoxy groups -OCH3 is 1. The summed E-state index contributed by atoms with van der Waals surface area (Å²) in [5, 5.41) is 3.71. The summed E-state index contributed by atoms with van der Waals surface area (Å²) >= 11 is 0. The summed E-state index contributed by atoms with van der Waals surface area (Å²) in [5.41, 5.74) is 1.70. The predicted octanol–water partition coefficient (Wildman–Crippen LogP) is 3.42. The zero-order valence-electron chi connectivity index (χ0n) is 13.2. The van der Waals surface area contributed by atoms with Crippen LogP contribution >= 0.6 is 0 Å². The van der Waals surface area contributed by atoms with Gasteiger partial charge in [-0.05, 0) is 42.9 Å². The molecule has 0 amide bonds. The fraction of sp³-hybridized carbons (Fsp3) is 0.750. The summed E-state index contributed by atoms with van der Waals surface area (Å²) in [6.45, 7) is 9.23. The summed E-state index contributed by atoms with van der Waals surface area (Å²) in [6, 6.07) is 0.465. The number of nitrogens with zero attached hydrogens (tertiary/aromatic N) is 2. The molecule has 1 aromatic rings. The third-order valence-corrected chi connectivity index (χ3v) is 5.78. The predicted molar refractivity (Wildman–Crippen MR) is 80.0 cm³/mol. The molecule has 3 atom stereocenters. The number of rotatable bonds is 3. The van der Waals surface area contributed by atoms with Crippen LogP contribution in [-0.4, -0.2) is 23.1 Å². The van der Waals surface area contributed by atoms with Gasteiger partial charge in [-0.25, -0.2) is 9.97 Å². The van der Waals surface area contributed by atoms with E-state index in [1.165, 1.54) is 19.3 Å². The van der Waals surface area contributed by atoms with Gasteiger partial charge in [0, 0.05) is 6.04 Å². The van der Waals surface area contributed by atoms with E-state index in [0.717, 1.165) is 17.3 Å². The first kappa shape index (κ1) is 13.7. The van der Waals surface area contributed by atoms with Gasteiger partial charge in [-0.15, -0.1) is 0 Å². The second-order valence-electron chi connectivity index (χ2n) is 7.35. The van der Waals surface area contributed by atoms with Crippen LogP contribution in [0.2, 0.25) is 0 Å². The van der Waals surface area contributed by atoms with Crippen molar-refractivity contribution >= 4 is 5.82 Å². The van der Waals surface area contributed by atoms with Crippen molar-refractivity contribution in [1.29, 1.82) is 0 Å². The van der Waals surface area contributed by atoms with Crippen molar-refractivity contribution in [3.05, 3.63) is 11.9 Å². The van der Waals surface area contributed by atoms with E-state index in [2.05, 4.69) is 36.1 Å². The standard InChI is InChI=1S/C16H25N3O/c1-10-12(17-9-18-13(10)20-5)19-14-15(2,3)11-6-7-16(14,4)8-11/h9,11,14H,6-8H2,1-5H3,(H,17,18,19). The zero-order chi connectivity index (χ0) is 14.5. The summed E-state index contributed by atoms with van der Waals surface area (Å²) < 4.78 is 5.30. The molecule has 0 aromatic carbocycles. The third kappa shape index (κ3) is 1.80. The Morgan fingerprint density at radius 1 is 1.30 bits per heavy atom. The Kier molecular flexibility index (Phi) is 2.96. The van der Waals surface area contributed by atoms with Crippen LogP contribution in [0, 0.1) is 23.7 Å². The molecule has 2 bridgehead atoms. The molecular weight excluding hydrogens is 250 g/mol. The van der Waals surface area contributed by atoms with Gasteiger partial charge in [-0.2, -0.15) is 0 Å². The SMILES string of the molecule is COc1ncnc(NC2C3(C)CCC(C3)C2(C)C)c1C. The lowest BCUT2D eigenvalue weighted by molar-refractivity contribution is 0.155. The molecule has 3 unspecified atom stereocenters. The number of ether oxygens (including phenoxy) is 1. The number of hydrogen-bond donors (Lipinski definition) is 1. The molecule has 0 saturated heterocycles. The van der Waals surface area contributed by atoms with Gasteiger partial charge in [-0.1, -0.05) is 20.8 Å². The van der Waals surface area contributed by atoms with Crippen LogP contribution < -0.4 is 10.1 Å². The van der Waals surface area contributed by atoms with E-state index in [4.69, 9.17) is 4.74 Å². The number of fused-ring (bicyclic) bond motifs is 2. The van der Waals surface area contributed by atoms with Crippen LogP contribution in [0.4, 0.5) is 5.82 Å². The number of anilines is 1. The van der Waals surface area contributed by atoms with Crippen molar-refractivity contribution in [3.8, 4) is 5.88 Å². The van der Waals surface area contributed by atoms with Gasteiger partial charge >= 0.3 is 0 Å². The zero-order valence-corrected chi connectivity index (χ0v) is 13.2. The fourth-order valence-electron chi connectivity index (χ4n) is 4.58. The quantitative estimate of drug-likeness (QED) is 0.918. The van der Waals surface area contributed by atoms with Crippen LogP contribution in [0.1, 0.15) is 45.6 Å². The monoisotopic (exact) mass is 275 g/mol. The molecule has 2 fully saturated rings. The first-order valence-electron chi connectivity index (χ1n) is 7.50. The van der Waals surface area contributed by atoms with Gasteiger partial charge in [0.05, 0.1) is 12.7 Å². The van der Waals surface area contributed by atoms with Gasteiger partial charge in [-0.3, -0.25) is 0 Å². The summed E-state index contributed by atoms with van der Waals surface area (Å²) in [7, 11) is 1.65. The number of hydrogen-bond acceptors (Lipinski definition) is 4. The average Bonchev–Trinajstić information content (AvgIpc) is 2.87. The second kappa shape index (κ2) is 4.34. The molecule has 110 valence electrons. The normalized spacial score (nSPS) is 34.2. The lowest BCUT2D eigenvalue weighted by Crippen LogP contribution is -2.46. The van der Waals surface area contributed by atoms with Crippen molar-refractivity contribution in [1.82, 2.24) is 9.97 Å². The van der Waals surface area contributed by atoms with E-state index < -0.39 is 0 Å².